The molecule has 1 N–H and O–H groups in total. The van der Waals surface area contributed by atoms with Crippen LogP contribution in [0.2, 0.25) is 0 Å². The molecule has 4 rings (SSSR count). The minimum absolute atomic E-state index is 0.000932. The van der Waals surface area contributed by atoms with Crippen molar-refractivity contribution in [1.29, 1.82) is 0 Å². The summed E-state index contributed by atoms with van der Waals surface area (Å²) < 4.78 is 5.51. The van der Waals surface area contributed by atoms with Gasteiger partial charge >= 0.3 is 5.97 Å². The quantitative estimate of drug-likeness (QED) is 0.723. The van der Waals surface area contributed by atoms with Crippen LogP contribution >= 0.6 is 0 Å². The standard InChI is InChI=1S/C21H30O4/c1-12(22)25-14-6-8-20(2)13(10-14)4-5-15-16(20)7-9-21(3)17(15)11-18(23)19(21)24/h11,13-17,23H,4-10H2,1-3H3. The summed E-state index contributed by atoms with van der Waals surface area (Å²) in [6, 6.07) is 0. The molecule has 7 atom stereocenters. The molecule has 4 aliphatic carbocycles. The second-order valence-corrected chi connectivity index (χ2v) is 9.42. The van der Waals surface area contributed by atoms with Gasteiger partial charge in [-0.3, -0.25) is 9.59 Å². The third kappa shape index (κ3) is 2.39. The van der Waals surface area contributed by atoms with Crippen LogP contribution in [-0.2, 0) is 14.3 Å². The lowest BCUT2D eigenvalue weighted by Gasteiger charge is -2.59. The van der Waals surface area contributed by atoms with Gasteiger partial charge in [0.2, 0.25) is 5.78 Å². The summed E-state index contributed by atoms with van der Waals surface area (Å²) in [5, 5.41) is 10.1. The maximum atomic E-state index is 12.5. The van der Waals surface area contributed by atoms with Crippen molar-refractivity contribution in [3.8, 4) is 0 Å². The first-order valence-corrected chi connectivity index (χ1v) is 9.88. The Labute approximate surface area is 150 Å². The summed E-state index contributed by atoms with van der Waals surface area (Å²) in [7, 11) is 0. The van der Waals surface area contributed by atoms with Crippen molar-refractivity contribution in [3.63, 3.8) is 0 Å². The van der Waals surface area contributed by atoms with Gasteiger partial charge in [-0.15, -0.1) is 0 Å². The molecule has 0 spiro atoms. The fraction of sp³-hybridized carbons (Fsp3) is 0.810. The van der Waals surface area contributed by atoms with Crippen molar-refractivity contribution in [1.82, 2.24) is 0 Å². The van der Waals surface area contributed by atoms with E-state index in [-0.39, 0.29) is 40.4 Å². The van der Waals surface area contributed by atoms with Crippen molar-refractivity contribution < 1.29 is 19.4 Å². The molecule has 3 saturated carbocycles. The second kappa shape index (κ2) is 5.59. The van der Waals surface area contributed by atoms with Crippen molar-refractivity contribution in [2.24, 2.45) is 34.5 Å². The highest BCUT2D eigenvalue weighted by molar-refractivity contribution is 6.00. The number of aliphatic hydroxyl groups excluding tert-OH is 1. The predicted molar refractivity (Wildman–Crippen MR) is 93.8 cm³/mol. The van der Waals surface area contributed by atoms with Gasteiger partial charge in [0.1, 0.15) is 6.10 Å². The van der Waals surface area contributed by atoms with Gasteiger partial charge in [-0.1, -0.05) is 13.8 Å². The normalized spacial score (nSPS) is 48.8. The average Bonchev–Trinajstić information content (AvgIpc) is 2.78. The summed E-state index contributed by atoms with van der Waals surface area (Å²) >= 11 is 0. The summed E-state index contributed by atoms with van der Waals surface area (Å²) in [6.07, 6.45) is 9.22. The van der Waals surface area contributed by atoms with E-state index < -0.39 is 0 Å². The Morgan fingerprint density at radius 1 is 1.20 bits per heavy atom. The monoisotopic (exact) mass is 346 g/mol. The lowest BCUT2D eigenvalue weighted by atomic mass is 9.45. The molecule has 3 fully saturated rings. The van der Waals surface area contributed by atoms with Crippen LogP contribution in [0.5, 0.6) is 0 Å². The smallest absolute Gasteiger partial charge is 0.302 e. The van der Waals surface area contributed by atoms with Gasteiger partial charge in [-0.25, -0.2) is 0 Å². The van der Waals surface area contributed by atoms with E-state index in [4.69, 9.17) is 4.74 Å². The Bertz CT molecular complexity index is 638. The van der Waals surface area contributed by atoms with Gasteiger partial charge in [0.25, 0.3) is 0 Å². The second-order valence-electron chi connectivity index (χ2n) is 9.42. The fourth-order valence-electron chi connectivity index (χ4n) is 6.92. The van der Waals surface area contributed by atoms with E-state index in [1.165, 1.54) is 6.92 Å². The topological polar surface area (TPSA) is 63.6 Å². The molecule has 138 valence electrons. The van der Waals surface area contributed by atoms with Gasteiger partial charge < -0.3 is 9.84 Å². The molecule has 0 radical (unpaired) electrons. The molecule has 0 bridgehead atoms. The minimum atomic E-state index is -0.386. The fourth-order valence-corrected chi connectivity index (χ4v) is 6.92. The van der Waals surface area contributed by atoms with Gasteiger partial charge in [0, 0.05) is 12.3 Å². The molecule has 0 heterocycles. The zero-order valence-corrected chi connectivity index (χ0v) is 15.6. The first kappa shape index (κ1) is 17.1. The van der Waals surface area contributed by atoms with E-state index >= 15 is 0 Å². The van der Waals surface area contributed by atoms with Gasteiger partial charge in [-0.05, 0) is 80.1 Å². The molecule has 25 heavy (non-hydrogen) atoms. The molecule has 0 aromatic heterocycles. The highest BCUT2D eigenvalue weighted by Crippen LogP contribution is 2.64. The number of fused-ring (bicyclic) bond motifs is 5. The van der Waals surface area contributed by atoms with Crippen molar-refractivity contribution in [2.45, 2.75) is 71.8 Å². The molecule has 0 saturated heterocycles. The van der Waals surface area contributed by atoms with Crippen LogP contribution in [0, 0.1) is 34.5 Å². The van der Waals surface area contributed by atoms with E-state index in [9.17, 15) is 14.7 Å². The number of ether oxygens (including phenoxy) is 1. The highest BCUT2D eigenvalue weighted by Gasteiger charge is 2.60. The zero-order chi connectivity index (χ0) is 18.0. The maximum Gasteiger partial charge on any atom is 0.302 e. The number of aliphatic hydroxyl groups is 1. The van der Waals surface area contributed by atoms with Gasteiger partial charge in [0.15, 0.2) is 5.76 Å². The third-order valence-electron chi connectivity index (χ3n) is 8.29. The number of ketones is 1. The predicted octanol–water partition coefficient (Wildman–Crippen LogP) is 4.19. The molecule has 4 aliphatic rings. The van der Waals surface area contributed by atoms with Gasteiger partial charge in [-0.2, -0.15) is 0 Å². The lowest BCUT2D eigenvalue weighted by Crippen LogP contribution is -2.54. The number of carbonyl (C=O) groups excluding carboxylic acids is 2. The Kier molecular flexibility index (Phi) is 3.82. The molecule has 0 aromatic carbocycles. The Morgan fingerprint density at radius 2 is 1.96 bits per heavy atom. The summed E-state index contributed by atoms with van der Waals surface area (Å²) in [5.41, 5.74) is -0.112. The lowest BCUT2D eigenvalue weighted by molar-refractivity contribution is -0.159. The molecule has 7 unspecified atom stereocenters. The number of esters is 1. The average molecular weight is 346 g/mol. The Balaban J connectivity index is 1.57. The Hall–Kier alpha value is -1.32. The van der Waals surface area contributed by atoms with Crippen molar-refractivity contribution >= 4 is 11.8 Å². The summed E-state index contributed by atoms with van der Waals surface area (Å²) in [5.74, 6) is 1.70. The highest BCUT2D eigenvalue weighted by atomic mass is 16.5. The Morgan fingerprint density at radius 3 is 2.68 bits per heavy atom. The largest absolute Gasteiger partial charge is 0.505 e. The zero-order valence-electron chi connectivity index (χ0n) is 15.6. The summed E-state index contributed by atoms with van der Waals surface area (Å²) in [6.45, 7) is 5.99. The molecule has 0 amide bonds. The number of hydrogen-bond donors (Lipinski definition) is 1. The van der Waals surface area contributed by atoms with Crippen molar-refractivity contribution in [2.75, 3.05) is 0 Å². The van der Waals surface area contributed by atoms with E-state index in [1.54, 1.807) is 0 Å². The van der Waals surface area contributed by atoms with E-state index in [0.29, 0.717) is 17.8 Å². The molecular formula is C21H30O4. The van der Waals surface area contributed by atoms with Crippen LogP contribution in [0.25, 0.3) is 0 Å². The number of carbonyl (C=O) groups is 2. The molecular weight excluding hydrogens is 316 g/mol. The minimum Gasteiger partial charge on any atom is -0.505 e. The van der Waals surface area contributed by atoms with Crippen molar-refractivity contribution in [3.05, 3.63) is 11.8 Å². The SMILES string of the molecule is CC(=O)OC1CCC2(C)C(CCC3C4C=C(O)C(=O)C4(C)CCC32)C1. The van der Waals surface area contributed by atoms with E-state index in [2.05, 4.69) is 13.8 Å². The molecule has 0 aliphatic heterocycles. The first-order valence-electron chi connectivity index (χ1n) is 9.88. The van der Waals surface area contributed by atoms with Crippen LogP contribution in [0.15, 0.2) is 11.8 Å². The van der Waals surface area contributed by atoms with Crippen LogP contribution in [0.4, 0.5) is 0 Å². The molecule has 4 heteroatoms. The van der Waals surface area contributed by atoms with Crippen LogP contribution in [-0.4, -0.2) is 23.0 Å². The molecule has 0 aromatic rings. The van der Waals surface area contributed by atoms with Crippen LogP contribution in [0.1, 0.15) is 65.7 Å². The van der Waals surface area contributed by atoms with Crippen LogP contribution < -0.4 is 0 Å². The van der Waals surface area contributed by atoms with E-state index in [0.717, 1.165) is 44.9 Å². The number of hydrogen-bond acceptors (Lipinski definition) is 4. The van der Waals surface area contributed by atoms with E-state index in [1.807, 2.05) is 6.08 Å². The maximum absolute atomic E-state index is 12.5. The first-order chi connectivity index (χ1) is 11.8. The molecule has 4 nitrogen and oxygen atoms in total. The number of rotatable bonds is 1. The third-order valence-corrected chi connectivity index (χ3v) is 8.29. The van der Waals surface area contributed by atoms with Crippen LogP contribution in [0.3, 0.4) is 0 Å². The van der Waals surface area contributed by atoms with Gasteiger partial charge in [0.05, 0.1) is 0 Å². The number of allylic oxidation sites excluding steroid dienone is 2. The number of Topliss-reactive ketones (excluding diaryl/α,β-unsaturated/α-hetero) is 1. The summed E-state index contributed by atoms with van der Waals surface area (Å²) in [4.78, 5) is 23.8.